The summed E-state index contributed by atoms with van der Waals surface area (Å²) in [7, 11) is 2.87. The van der Waals surface area contributed by atoms with Gasteiger partial charge in [-0.1, -0.05) is 26.8 Å². The second-order valence-electron chi connectivity index (χ2n) is 8.05. The van der Waals surface area contributed by atoms with Gasteiger partial charge in [-0.25, -0.2) is 13.2 Å². The average Bonchev–Trinajstić information content (AvgIpc) is 3.68. The standard InChI is InChI=1S/C15H15F3N2O.C9H18O3.C2H6.CH2O/c1-8-4-5-11(9(16)6-8)20-15-13(18)10(17)7-12(21-3)14(15)19-2;1-2-5-12-9(3-4-9)6-8(11)7-10;2*1-2/h4-7,19-20H,1-3H3;8,10-11H,2-7H2,1H3;1-2H3;1H2. The van der Waals surface area contributed by atoms with Gasteiger partial charge in [-0.15, -0.1) is 0 Å². The summed E-state index contributed by atoms with van der Waals surface area (Å²) < 4.78 is 52.0. The van der Waals surface area contributed by atoms with Crippen LogP contribution in [0.15, 0.2) is 24.3 Å². The highest BCUT2D eigenvalue weighted by Gasteiger charge is 2.44. The molecule has 1 fully saturated rings. The van der Waals surface area contributed by atoms with Crippen molar-refractivity contribution >= 4 is 23.9 Å². The smallest absolute Gasteiger partial charge is 0.184 e. The van der Waals surface area contributed by atoms with Crippen LogP contribution in [-0.4, -0.2) is 56.1 Å². The van der Waals surface area contributed by atoms with E-state index in [4.69, 9.17) is 19.4 Å². The predicted octanol–water partition coefficient (Wildman–Crippen LogP) is 5.74. The van der Waals surface area contributed by atoms with E-state index < -0.39 is 23.6 Å². The molecule has 10 heteroatoms. The maximum atomic E-state index is 14.0. The number of aliphatic hydroxyl groups excluding tert-OH is 2. The second kappa shape index (κ2) is 17.6. The third-order valence-corrected chi connectivity index (χ3v) is 5.28. The minimum Gasteiger partial charge on any atom is -0.494 e. The first-order chi connectivity index (χ1) is 17.7. The number of methoxy groups -OCH3 is 1. The first-order valence-electron chi connectivity index (χ1n) is 12.2. The molecule has 1 aliphatic rings. The molecule has 0 spiro atoms. The Morgan fingerprint density at radius 1 is 1.11 bits per heavy atom. The van der Waals surface area contributed by atoms with Gasteiger partial charge < -0.3 is 35.1 Å². The SMILES string of the molecule is C=O.CC.CCCOC1(CC(O)CO)CC1.CNc1c(OC)cc(F)c(F)c1Nc1ccc(C)cc1F. The molecule has 0 amide bonds. The van der Waals surface area contributed by atoms with Gasteiger partial charge in [0.2, 0.25) is 0 Å². The van der Waals surface area contributed by atoms with Crippen LogP contribution < -0.4 is 15.4 Å². The lowest BCUT2D eigenvalue weighted by Crippen LogP contribution is -2.25. The lowest BCUT2D eigenvalue weighted by atomic mass is 10.1. The van der Waals surface area contributed by atoms with E-state index in [9.17, 15) is 18.3 Å². The Bertz CT molecular complexity index is 943. The zero-order chi connectivity index (χ0) is 28.6. The summed E-state index contributed by atoms with van der Waals surface area (Å²) in [6.45, 7) is 10.4. The molecule has 1 atom stereocenters. The maximum absolute atomic E-state index is 14.0. The van der Waals surface area contributed by atoms with Crippen molar-refractivity contribution in [1.29, 1.82) is 0 Å². The summed E-state index contributed by atoms with van der Waals surface area (Å²) in [4.78, 5) is 8.00. The van der Waals surface area contributed by atoms with Crippen LogP contribution in [0.4, 0.5) is 30.2 Å². The second-order valence-corrected chi connectivity index (χ2v) is 8.05. The summed E-state index contributed by atoms with van der Waals surface area (Å²) in [5.41, 5.74) is 0.680. The summed E-state index contributed by atoms with van der Waals surface area (Å²) >= 11 is 0. The fraction of sp³-hybridized carbons (Fsp3) is 0.519. The zero-order valence-corrected chi connectivity index (χ0v) is 22.6. The topological polar surface area (TPSA) is 100 Å². The molecule has 37 heavy (non-hydrogen) atoms. The highest BCUT2D eigenvalue weighted by molar-refractivity contribution is 5.80. The first-order valence-corrected chi connectivity index (χ1v) is 12.2. The first kappa shape index (κ1) is 34.2. The van der Waals surface area contributed by atoms with Crippen LogP contribution in [0.1, 0.15) is 52.0 Å². The molecule has 0 bridgehead atoms. The van der Waals surface area contributed by atoms with E-state index >= 15 is 0 Å². The molecular weight excluding hydrogens is 489 g/mol. The number of hydrogen-bond acceptors (Lipinski definition) is 7. The Kier molecular flexibility index (Phi) is 16.3. The van der Waals surface area contributed by atoms with Gasteiger partial charge in [0, 0.05) is 26.1 Å². The number of nitrogens with one attached hydrogen (secondary N) is 2. The summed E-state index contributed by atoms with van der Waals surface area (Å²) in [5.74, 6) is -2.63. The normalized spacial score (nSPS) is 13.4. The lowest BCUT2D eigenvalue weighted by Gasteiger charge is -2.18. The van der Waals surface area contributed by atoms with Crippen LogP contribution in [0.25, 0.3) is 0 Å². The van der Waals surface area contributed by atoms with Crippen LogP contribution in [0.5, 0.6) is 5.75 Å². The third-order valence-electron chi connectivity index (χ3n) is 5.28. The van der Waals surface area contributed by atoms with Crippen molar-refractivity contribution < 1.29 is 37.7 Å². The number of anilines is 3. The van der Waals surface area contributed by atoms with Gasteiger partial charge in [-0.2, -0.15) is 0 Å². The average molecular weight is 531 g/mol. The number of benzene rings is 2. The molecule has 0 heterocycles. The molecule has 0 aromatic heterocycles. The van der Waals surface area contributed by atoms with Crippen LogP contribution in [-0.2, 0) is 9.53 Å². The van der Waals surface area contributed by atoms with Crippen LogP contribution in [0.3, 0.4) is 0 Å². The fourth-order valence-electron chi connectivity index (χ4n) is 3.35. The molecule has 210 valence electrons. The van der Waals surface area contributed by atoms with Crippen molar-refractivity contribution in [1.82, 2.24) is 0 Å². The number of ether oxygens (including phenoxy) is 2. The number of carbonyl (C=O) groups is 1. The number of hydrogen-bond donors (Lipinski definition) is 4. The maximum Gasteiger partial charge on any atom is 0.184 e. The number of aliphatic hydroxyl groups is 2. The van der Waals surface area contributed by atoms with Crippen molar-refractivity contribution in [3.8, 4) is 5.75 Å². The summed E-state index contributed by atoms with van der Waals surface area (Å²) in [6, 6.07) is 5.35. The Balaban J connectivity index is 0.000000688. The van der Waals surface area contributed by atoms with Crippen molar-refractivity contribution in [3.63, 3.8) is 0 Å². The largest absolute Gasteiger partial charge is 0.494 e. The van der Waals surface area contributed by atoms with Crippen molar-refractivity contribution in [2.45, 2.75) is 65.1 Å². The molecule has 7 nitrogen and oxygen atoms in total. The van der Waals surface area contributed by atoms with Gasteiger partial charge in [0.25, 0.3) is 0 Å². The predicted molar refractivity (Wildman–Crippen MR) is 141 cm³/mol. The summed E-state index contributed by atoms with van der Waals surface area (Å²) in [5, 5.41) is 23.1. The van der Waals surface area contributed by atoms with E-state index in [1.807, 2.05) is 20.6 Å². The minimum absolute atomic E-state index is 0.0450. The quantitative estimate of drug-likeness (QED) is 0.311. The Morgan fingerprint density at radius 2 is 1.73 bits per heavy atom. The molecule has 0 radical (unpaired) electrons. The van der Waals surface area contributed by atoms with Crippen molar-refractivity contribution in [3.05, 3.63) is 47.3 Å². The molecular formula is C27H41F3N2O5. The van der Waals surface area contributed by atoms with Crippen molar-refractivity contribution in [2.24, 2.45) is 0 Å². The van der Waals surface area contributed by atoms with Gasteiger partial charge in [0.1, 0.15) is 29.7 Å². The van der Waals surface area contributed by atoms with E-state index in [1.54, 1.807) is 13.0 Å². The van der Waals surface area contributed by atoms with Gasteiger partial charge in [0.15, 0.2) is 11.6 Å². The van der Waals surface area contributed by atoms with Crippen LogP contribution >= 0.6 is 0 Å². The number of halogens is 3. The van der Waals surface area contributed by atoms with E-state index in [0.29, 0.717) is 6.42 Å². The molecule has 1 aliphatic carbocycles. The monoisotopic (exact) mass is 530 g/mol. The fourth-order valence-corrected chi connectivity index (χ4v) is 3.35. The third kappa shape index (κ3) is 10.6. The molecule has 0 saturated heterocycles. The highest BCUT2D eigenvalue weighted by Crippen LogP contribution is 2.43. The van der Waals surface area contributed by atoms with E-state index in [0.717, 1.165) is 37.5 Å². The minimum atomic E-state index is -1.11. The molecule has 1 saturated carbocycles. The molecule has 4 N–H and O–H groups in total. The Labute approximate surface area is 218 Å². The number of carbonyl (C=O) groups excluding carboxylic acids is 1. The molecule has 3 rings (SSSR count). The zero-order valence-electron chi connectivity index (χ0n) is 22.6. The molecule has 0 aliphatic heterocycles. The Hall–Kier alpha value is -2.82. The van der Waals surface area contributed by atoms with Gasteiger partial charge in [-0.3, -0.25) is 0 Å². The van der Waals surface area contributed by atoms with Gasteiger partial charge in [0.05, 0.1) is 31.1 Å². The molecule has 2 aromatic rings. The summed E-state index contributed by atoms with van der Waals surface area (Å²) in [6.07, 6.45) is 3.05. The van der Waals surface area contributed by atoms with E-state index in [2.05, 4.69) is 17.6 Å². The van der Waals surface area contributed by atoms with E-state index in [1.165, 1.54) is 26.3 Å². The lowest BCUT2D eigenvalue weighted by molar-refractivity contribution is -0.0980. The van der Waals surface area contributed by atoms with Crippen LogP contribution in [0.2, 0.25) is 0 Å². The van der Waals surface area contributed by atoms with E-state index in [-0.39, 0.29) is 35.0 Å². The molecule has 2 aromatic carbocycles. The van der Waals surface area contributed by atoms with Gasteiger partial charge in [-0.05, 0) is 43.9 Å². The highest BCUT2D eigenvalue weighted by atomic mass is 19.2. The number of rotatable bonds is 10. The Morgan fingerprint density at radius 3 is 2.19 bits per heavy atom. The van der Waals surface area contributed by atoms with Crippen LogP contribution in [0, 0.1) is 24.4 Å². The van der Waals surface area contributed by atoms with Gasteiger partial charge >= 0.3 is 0 Å². The van der Waals surface area contributed by atoms with Crippen molar-refractivity contribution in [2.75, 3.05) is 38.0 Å². The number of aryl methyl sites for hydroxylation is 1. The molecule has 1 unspecified atom stereocenters.